The maximum absolute atomic E-state index is 10.4. The van der Waals surface area contributed by atoms with Crippen molar-refractivity contribution < 1.29 is 6.22 Å². The molecule has 0 aromatic heterocycles. The molecule has 0 unspecified atom stereocenters. The lowest BCUT2D eigenvalue weighted by atomic mass is 10.5. The van der Waals surface area contributed by atoms with Crippen LogP contribution in [0.3, 0.4) is 0 Å². The van der Waals surface area contributed by atoms with Gasteiger partial charge in [0.25, 0.3) is 0 Å². The summed E-state index contributed by atoms with van der Waals surface area (Å²) in [6.07, 6.45) is 3.22. The maximum Gasteiger partial charge on any atom is 0.243 e. The standard InChI is InChI=1S/C6H11NO.H2/c1-3-5-6(8)7-4-2;/h3,5H,4H2,1-2H3,(H,7,8);1H/b5-3+;. The van der Waals surface area contributed by atoms with E-state index >= 15 is 0 Å². The molecule has 0 saturated carbocycles. The summed E-state index contributed by atoms with van der Waals surface area (Å²) in [5, 5.41) is 2.62. The molecule has 0 fully saturated rings. The third kappa shape index (κ3) is 3.40. The van der Waals surface area contributed by atoms with Crippen LogP contribution in [0.4, 0.5) is 0 Å². The molecule has 1 N–H and O–H groups in total. The van der Waals surface area contributed by atoms with Crippen LogP contribution in [0, 0.1) is 0 Å². The van der Waals surface area contributed by atoms with Crippen LogP contribution >= 0.6 is 0 Å². The molecule has 2 nitrogen and oxygen atoms in total. The van der Waals surface area contributed by atoms with Crippen LogP contribution in [0.1, 0.15) is 15.3 Å². The number of hydrogen-bond acceptors (Lipinski definition) is 1. The average Bonchev–Trinajstić information content (AvgIpc) is 1.68. The van der Waals surface area contributed by atoms with Gasteiger partial charge in [0.05, 0.1) is 0 Å². The van der Waals surface area contributed by atoms with Gasteiger partial charge >= 0.3 is 0 Å². The van der Waals surface area contributed by atoms with Crippen LogP contribution in [-0.4, -0.2) is 12.5 Å². The lowest BCUT2D eigenvalue weighted by molar-refractivity contribution is -0.116. The number of amides is 1. The zero-order chi connectivity index (χ0) is 6.41. The smallest absolute Gasteiger partial charge is 0.243 e. The van der Waals surface area contributed by atoms with Crippen LogP contribution in [0.25, 0.3) is 0 Å². The van der Waals surface area contributed by atoms with Crippen molar-refractivity contribution in [3.63, 3.8) is 0 Å². The summed E-state index contributed by atoms with van der Waals surface area (Å²) < 4.78 is 0. The van der Waals surface area contributed by atoms with E-state index in [9.17, 15) is 4.79 Å². The molecule has 0 bridgehead atoms. The van der Waals surface area contributed by atoms with Crippen molar-refractivity contribution in [2.75, 3.05) is 6.54 Å². The fourth-order valence-electron chi connectivity index (χ4n) is 0.385. The molecule has 48 valence electrons. The summed E-state index contributed by atoms with van der Waals surface area (Å²) in [7, 11) is 0. The molecule has 0 aliphatic rings. The van der Waals surface area contributed by atoms with Gasteiger partial charge in [-0.05, 0) is 19.9 Å². The third-order valence-electron chi connectivity index (χ3n) is 0.669. The van der Waals surface area contributed by atoms with Crippen LogP contribution < -0.4 is 5.32 Å². The molecule has 0 aliphatic heterocycles. The molecule has 0 heterocycles. The molecule has 2 heteroatoms. The molecule has 0 spiro atoms. The largest absolute Gasteiger partial charge is 0.353 e. The minimum absolute atomic E-state index is 0. The van der Waals surface area contributed by atoms with E-state index in [-0.39, 0.29) is 7.33 Å². The van der Waals surface area contributed by atoms with Gasteiger partial charge in [0.15, 0.2) is 0 Å². The van der Waals surface area contributed by atoms with E-state index in [4.69, 9.17) is 0 Å². The lowest BCUT2D eigenvalue weighted by Gasteiger charge is -1.91. The summed E-state index contributed by atoms with van der Waals surface area (Å²) in [6.45, 7) is 4.40. The van der Waals surface area contributed by atoms with Crippen molar-refractivity contribution in [1.82, 2.24) is 5.32 Å². The first-order chi connectivity index (χ1) is 3.81. The van der Waals surface area contributed by atoms with Crippen molar-refractivity contribution in [2.24, 2.45) is 0 Å². The van der Waals surface area contributed by atoms with Gasteiger partial charge in [-0.1, -0.05) is 6.08 Å². The fraction of sp³-hybridized carbons (Fsp3) is 0.500. The Hall–Kier alpha value is -0.790. The number of carbonyl (C=O) groups is 1. The molecular weight excluding hydrogens is 102 g/mol. The number of allylic oxidation sites excluding steroid dienone is 1. The van der Waals surface area contributed by atoms with Gasteiger partial charge in [-0.2, -0.15) is 0 Å². The maximum atomic E-state index is 10.4. The second-order valence-corrected chi connectivity index (χ2v) is 1.39. The Morgan fingerprint density at radius 1 is 1.88 bits per heavy atom. The first-order valence-corrected chi connectivity index (χ1v) is 2.71. The van der Waals surface area contributed by atoms with Crippen molar-refractivity contribution in [3.8, 4) is 0 Å². The summed E-state index contributed by atoms with van der Waals surface area (Å²) in [5.74, 6) is -0.0185. The third-order valence-corrected chi connectivity index (χ3v) is 0.669. The van der Waals surface area contributed by atoms with E-state index in [1.807, 2.05) is 13.8 Å². The number of likely N-dealkylation sites (N-methyl/N-ethyl adjacent to an activating group) is 1. The number of rotatable bonds is 2. The quantitative estimate of drug-likeness (QED) is 0.533. The molecule has 0 saturated heterocycles. The van der Waals surface area contributed by atoms with E-state index in [1.165, 1.54) is 6.08 Å². The molecule has 1 amide bonds. The summed E-state index contributed by atoms with van der Waals surface area (Å²) in [4.78, 5) is 10.4. The Morgan fingerprint density at radius 3 is 2.88 bits per heavy atom. The summed E-state index contributed by atoms with van der Waals surface area (Å²) >= 11 is 0. The average molecular weight is 115 g/mol. The first kappa shape index (κ1) is 7.21. The Morgan fingerprint density at radius 2 is 2.50 bits per heavy atom. The van der Waals surface area contributed by atoms with Crippen LogP contribution in [0.2, 0.25) is 0 Å². The highest BCUT2D eigenvalue weighted by atomic mass is 16.1. The topological polar surface area (TPSA) is 29.1 Å². The molecule has 0 aromatic rings. The van der Waals surface area contributed by atoms with E-state index in [0.717, 1.165) is 0 Å². The minimum atomic E-state index is -0.0185. The van der Waals surface area contributed by atoms with Gasteiger partial charge in [0, 0.05) is 7.97 Å². The molecule has 0 radical (unpaired) electrons. The fourth-order valence-corrected chi connectivity index (χ4v) is 0.385. The second kappa shape index (κ2) is 4.37. The van der Waals surface area contributed by atoms with Crippen LogP contribution in [-0.2, 0) is 4.79 Å². The van der Waals surface area contributed by atoms with Gasteiger partial charge in [-0.25, -0.2) is 0 Å². The normalized spacial score (nSPS) is 9.75. The Labute approximate surface area is 51.1 Å². The molecule has 0 aliphatic carbocycles. The predicted molar refractivity (Wildman–Crippen MR) is 35.6 cm³/mol. The SMILES string of the molecule is C/C=C/C(=O)NCC.[HH]. The van der Waals surface area contributed by atoms with E-state index in [1.54, 1.807) is 6.08 Å². The first-order valence-electron chi connectivity index (χ1n) is 2.71. The van der Waals surface area contributed by atoms with Crippen LogP contribution in [0.15, 0.2) is 12.2 Å². The predicted octanol–water partition coefficient (Wildman–Crippen LogP) is 0.945. The van der Waals surface area contributed by atoms with Gasteiger partial charge in [-0.15, -0.1) is 0 Å². The van der Waals surface area contributed by atoms with Gasteiger partial charge < -0.3 is 5.32 Å². The highest BCUT2D eigenvalue weighted by Crippen LogP contribution is 1.68. The number of carbonyl (C=O) groups excluding carboxylic acids is 1. The molecule has 0 rings (SSSR count). The van der Waals surface area contributed by atoms with Gasteiger partial charge in [0.2, 0.25) is 5.91 Å². The van der Waals surface area contributed by atoms with E-state index < -0.39 is 0 Å². The Kier molecular flexibility index (Phi) is 3.94. The van der Waals surface area contributed by atoms with Gasteiger partial charge in [-0.3, -0.25) is 4.79 Å². The molecule has 0 aromatic carbocycles. The summed E-state index contributed by atoms with van der Waals surface area (Å²) in [6, 6.07) is 0. The number of hydrogen-bond donors (Lipinski definition) is 1. The zero-order valence-electron chi connectivity index (χ0n) is 5.27. The summed E-state index contributed by atoms with van der Waals surface area (Å²) in [5.41, 5.74) is 0. The molecule has 0 atom stereocenters. The highest BCUT2D eigenvalue weighted by Gasteiger charge is 1.85. The van der Waals surface area contributed by atoms with Crippen molar-refractivity contribution in [1.29, 1.82) is 0 Å². The monoisotopic (exact) mass is 115 g/mol. The van der Waals surface area contributed by atoms with Crippen molar-refractivity contribution in [3.05, 3.63) is 12.2 Å². The Bertz CT molecular complexity index is 101. The van der Waals surface area contributed by atoms with Crippen molar-refractivity contribution in [2.45, 2.75) is 13.8 Å². The van der Waals surface area contributed by atoms with Gasteiger partial charge in [0.1, 0.15) is 0 Å². The number of nitrogens with one attached hydrogen (secondary N) is 1. The van der Waals surface area contributed by atoms with E-state index in [0.29, 0.717) is 6.54 Å². The molecular formula is C6H13NO. The van der Waals surface area contributed by atoms with E-state index in [2.05, 4.69) is 5.32 Å². The lowest BCUT2D eigenvalue weighted by Crippen LogP contribution is -2.19. The highest BCUT2D eigenvalue weighted by molar-refractivity contribution is 5.87. The van der Waals surface area contributed by atoms with Crippen molar-refractivity contribution >= 4 is 5.91 Å². The Balaban J connectivity index is 0. The molecule has 8 heavy (non-hydrogen) atoms. The van der Waals surface area contributed by atoms with Crippen LogP contribution in [0.5, 0.6) is 0 Å². The second-order valence-electron chi connectivity index (χ2n) is 1.39. The minimum Gasteiger partial charge on any atom is -0.353 e. The zero-order valence-corrected chi connectivity index (χ0v) is 5.27.